The average Bonchev–Trinajstić information content (AvgIpc) is 2.62. The van der Waals surface area contributed by atoms with Crippen LogP contribution in [0.15, 0.2) is 11.4 Å². The number of aromatic nitrogens is 1. The maximum atomic E-state index is 9.33. The van der Waals surface area contributed by atoms with Crippen molar-refractivity contribution in [3.8, 4) is 16.5 Å². The van der Waals surface area contributed by atoms with Crippen molar-refractivity contribution in [1.82, 2.24) is 4.98 Å². The summed E-state index contributed by atoms with van der Waals surface area (Å²) in [4.78, 5) is 4.16. The molecule has 2 rings (SSSR count). The third-order valence-corrected chi connectivity index (χ3v) is 3.92. The van der Waals surface area contributed by atoms with E-state index in [-0.39, 0.29) is 5.88 Å². The Morgan fingerprint density at radius 1 is 1.06 bits per heavy atom. The second kappa shape index (κ2) is 3.91. The predicted molar refractivity (Wildman–Crippen MR) is 68.2 cm³/mol. The monoisotopic (exact) mass is 233 g/mol. The fraction of sp³-hybridized carbons (Fsp3) is 0.308. The standard InChI is InChI=1S/C13H15NOS/c1-7-5-8(2)10(4)12(9(7)3)13-14-11(15)6-16-13/h5-6,15H,1-4H3. The highest BCUT2D eigenvalue weighted by molar-refractivity contribution is 7.13. The molecule has 1 N–H and O–H groups in total. The molecule has 1 aromatic carbocycles. The molecule has 2 aromatic rings. The van der Waals surface area contributed by atoms with Crippen molar-refractivity contribution in [3.63, 3.8) is 0 Å². The summed E-state index contributed by atoms with van der Waals surface area (Å²) in [5, 5.41) is 11.9. The van der Waals surface area contributed by atoms with E-state index < -0.39 is 0 Å². The largest absolute Gasteiger partial charge is 0.493 e. The van der Waals surface area contributed by atoms with Gasteiger partial charge in [-0.3, -0.25) is 0 Å². The van der Waals surface area contributed by atoms with Gasteiger partial charge in [-0.1, -0.05) is 6.07 Å². The van der Waals surface area contributed by atoms with Crippen LogP contribution in [-0.4, -0.2) is 10.1 Å². The molecule has 0 spiro atoms. The molecule has 0 fully saturated rings. The predicted octanol–water partition coefficient (Wildman–Crippen LogP) is 3.75. The first kappa shape index (κ1) is 11.1. The molecule has 0 aliphatic rings. The second-order valence-electron chi connectivity index (χ2n) is 4.15. The van der Waals surface area contributed by atoms with Gasteiger partial charge < -0.3 is 5.11 Å². The SMILES string of the molecule is Cc1cc(C)c(C)c(-c2nc(O)cs2)c1C. The van der Waals surface area contributed by atoms with E-state index in [1.54, 1.807) is 5.38 Å². The van der Waals surface area contributed by atoms with Gasteiger partial charge in [-0.05, 0) is 49.9 Å². The van der Waals surface area contributed by atoms with E-state index in [2.05, 4.69) is 38.7 Å². The summed E-state index contributed by atoms with van der Waals surface area (Å²) in [5.74, 6) is 0.109. The molecule has 0 amide bonds. The molecule has 0 atom stereocenters. The van der Waals surface area contributed by atoms with Crippen LogP contribution in [0.2, 0.25) is 0 Å². The van der Waals surface area contributed by atoms with E-state index in [0.717, 1.165) is 5.01 Å². The van der Waals surface area contributed by atoms with Crippen molar-refractivity contribution in [2.24, 2.45) is 0 Å². The van der Waals surface area contributed by atoms with Gasteiger partial charge in [-0.25, -0.2) is 4.98 Å². The summed E-state index contributed by atoms with van der Waals surface area (Å²) in [6.45, 7) is 8.43. The molecule has 1 heterocycles. The zero-order valence-corrected chi connectivity index (χ0v) is 10.8. The lowest BCUT2D eigenvalue weighted by molar-refractivity contribution is 0.458. The van der Waals surface area contributed by atoms with Crippen LogP contribution in [0.1, 0.15) is 22.3 Å². The minimum Gasteiger partial charge on any atom is -0.493 e. The van der Waals surface area contributed by atoms with Gasteiger partial charge in [0.2, 0.25) is 5.88 Å². The summed E-state index contributed by atoms with van der Waals surface area (Å²) in [5.41, 5.74) is 6.21. The lowest BCUT2D eigenvalue weighted by Crippen LogP contribution is -1.94. The Bertz CT molecular complexity index is 517. The highest BCUT2D eigenvalue weighted by Gasteiger charge is 2.13. The Balaban J connectivity index is 2.73. The van der Waals surface area contributed by atoms with Crippen LogP contribution in [0.25, 0.3) is 10.6 Å². The van der Waals surface area contributed by atoms with E-state index in [4.69, 9.17) is 0 Å². The number of aryl methyl sites for hydroxylation is 2. The maximum absolute atomic E-state index is 9.33. The second-order valence-corrected chi connectivity index (χ2v) is 5.00. The Morgan fingerprint density at radius 3 is 2.06 bits per heavy atom. The molecule has 84 valence electrons. The number of hydrogen-bond acceptors (Lipinski definition) is 3. The fourth-order valence-corrected chi connectivity index (χ4v) is 2.76. The first-order chi connectivity index (χ1) is 7.50. The summed E-state index contributed by atoms with van der Waals surface area (Å²) >= 11 is 1.49. The highest BCUT2D eigenvalue weighted by Crippen LogP contribution is 2.34. The van der Waals surface area contributed by atoms with E-state index in [9.17, 15) is 5.11 Å². The van der Waals surface area contributed by atoms with Crippen molar-refractivity contribution in [1.29, 1.82) is 0 Å². The lowest BCUT2D eigenvalue weighted by atomic mass is 9.95. The number of benzene rings is 1. The molecule has 16 heavy (non-hydrogen) atoms. The zero-order chi connectivity index (χ0) is 11.9. The van der Waals surface area contributed by atoms with Crippen molar-refractivity contribution >= 4 is 11.3 Å². The average molecular weight is 233 g/mol. The van der Waals surface area contributed by atoms with Crippen LogP contribution in [0, 0.1) is 27.7 Å². The van der Waals surface area contributed by atoms with E-state index in [0.29, 0.717) is 0 Å². The smallest absolute Gasteiger partial charge is 0.222 e. The van der Waals surface area contributed by atoms with Crippen molar-refractivity contribution in [2.75, 3.05) is 0 Å². The minimum atomic E-state index is 0.109. The molecule has 1 aromatic heterocycles. The van der Waals surface area contributed by atoms with Crippen LogP contribution in [0.5, 0.6) is 5.88 Å². The van der Waals surface area contributed by atoms with Crippen LogP contribution >= 0.6 is 11.3 Å². The lowest BCUT2D eigenvalue weighted by Gasteiger charge is -2.12. The summed E-state index contributed by atoms with van der Waals surface area (Å²) in [6.07, 6.45) is 0. The summed E-state index contributed by atoms with van der Waals surface area (Å²) < 4.78 is 0. The molecule has 0 aliphatic carbocycles. The van der Waals surface area contributed by atoms with E-state index >= 15 is 0 Å². The Labute approximate surface area is 99.6 Å². The summed E-state index contributed by atoms with van der Waals surface area (Å²) in [6, 6.07) is 2.20. The van der Waals surface area contributed by atoms with Gasteiger partial charge in [0.25, 0.3) is 0 Å². The number of thiazole rings is 1. The molecule has 0 radical (unpaired) electrons. The number of rotatable bonds is 1. The third kappa shape index (κ3) is 1.71. The highest BCUT2D eigenvalue weighted by atomic mass is 32.1. The Hall–Kier alpha value is -1.35. The molecule has 0 saturated carbocycles. The van der Waals surface area contributed by atoms with Gasteiger partial charge in [-0.15, -0.1) is 11.3 Å². The number of hydrogen-bond donors (Lipinski definition) is 1. The van der Waals surface area contributed by atoms with Crippen LogP contribution in [0.3, 0.4) is 0 Å². The quantitative estimate of drug-likeness (QED) is 0.813. The number of nitrogens with zero attached hydrogens (tertiary/aromatic N) is 1. The molecule has 0 aliphatic heterocycles. The van der Waals surface area contributed by atoms with E-state index in [1.165, 1.54) is 39.2 Å². The van der Waals surface area contributed by atoms with Crippen LogP contribution in [0.4, 0.5) is 0 Å². The molecular weight excluding hydrogens is 218 g/mol. The van der Waals surface area contributed by atoms with Crippen LogP contribution < -0.4 is 0 Å². The van der Waals surface area contributed by atoms with Crippen molar-refractivity contribution in [2.45, 2.75) is 27.7 Å². The fourth-order valence-electron chi connectivity index (χ4n) is 1.92. The Morgan fingerprint density at radius 2 is 1.62 bits per heavy atom. The molecule has 2 nitrogen and oxygen atoms in total. The van der Waals surface area contributed by atoms with Crippen LogP contribution in [-0.2, 0) is 0 Å². The van der Waals surface area contributed by atoms with E-state index in [1.807, 2.05) is 0 Å². The number of aromatic hydroxyl groups is 1. The molecule has 0 unspecified atom stereocenters. The van der Waals surface area contributed by atoms with Gasteiger partial charge in [-0.2, -0.15) is 0 Å². The first-order valence-corrected chi connectivity index (χ1v) is 6.11. The van der Waals surface area contributed by atoms with Gasteiger partial charge in [0.1, 0.15) is 5.01 Å². The molecular formula is C13H15NOS. The maximum Gasteiger partial charge on any atom is 0.222 e. The normalized spacial score (nSPS) is 10.8. The van der Waals surface area contributed by atoms with Gasteiger partial charge in [0.15, 0.2) is 0 Å². The molecule has 0 bridgehead atoms. The molecule has 3 heteroatoms. The minimum absolute atomic E-state index is 0.109. The van der Waals surface area contributed by atoms with Gasteiger partial charge in [0, 0.05) is 5.56 Å². The topological polar surface area (TPSA) is 33.1 Å². The zero-order valence-electron chi connectivity index (χ0n) is 9.96. The first-order valence-electron chi connectivity index (χ1n) is 5.23. The molecule has 0 saturated heterocycles. The van der Waals surface area contributed by atoms with Crippen molar-refractivity contribution < 1.29 is 5.11 Å². The van der Waals surface area contributed by atoms with Gasteiger partial charge >= 0.3 is 0 Å². The summed E-state index contributed by atoms with van der Waals surface area (Å²) in [7, 11) is 0. The van der Waals surface area contributed by atoms with Gasteiger partial charge in [0.05, 0.1) is 5.38 Å². The Kier molecular flexibility index (Phi) is 2.72. The third-order valence-electron chi connectivity index (χ3n) is 3.07. The van der Waals surface area contributed by atoms with Crippen molar-refractivity contribution in [3.05, 3.63) is 33.7 Å².